The largest absolute Gasteiger partial charge is 0.496 e. The molecule has 1 aromatic carbocycles. The monoisotopic (exact) mass is 405 g/mol. The van der Waals surface area contributed by atoms with Crippen LogP contribution < -0.4 is 4.74 Å². The van der Waals surface area contributed by atoms with Gasteiger partial charge >= 0.3 is 0 Å². The SMILES string of the molecule is CCc1nc(CN2CCN(C(=O)C=Cc3cc(Cl)ccc3OC)CC2)cs1. The summed E-state index contributed by atoms with van der Waals surface area (Å²) in [6.45, 7) is 6.15. The Balaban J connectivity index is 1.53. The average molecular weight is 406 g/mol. The molecule has 7 heteroatoms. The normalized spacial score (nSPS) is 15.4. The average Bonchev–Trinajstić information content (AvgIpc) is 3.14. The third-order valence-electron chi connectivity index (χ3n) is 4.57. The van der Waals surface area contributed by atoms with Crippen LogP contribution in [0.25, 0.3) is 6.08 Å². The summed E-state index contributed by atoms with van der Waals surface area (Å²) >= 11 is 7.76. The van der Waals surface area contributed by atoms with Gasteiger partial charge in [0.1, 0.15) is 5.75 Å². The van der Waals surface area contributed by atoms with Crippen molar-refractivity contribution in [2.24, 2.45) is 0 Å². The summed E-state index contributed by atoms with van der Waals surface area (Å²) in [5.41, 5.74) is 1.93. The third-order valence-corrected chi connectivity index (χ3v) is 5.85. The molecule has 5 nitrogen and oxygen atoms in total. The fourth-order valence-corrected chi connectivity index (χ4v) is 3.96. The number of benzene rings is 1. The van der Waals surface area contributed by atoms with Crippen molar-refractivity contribution >= 4 is 34.9 Å². The lowest BCUT2D eigenvalue weighted by Gasteiger charge is -2.33. The first-order valence-corrected chi connectivity index (χ1v) is 10.3. The molecule has 1 fully saturated rings. The summed E-state index contributed by atoms with van der Waals surface area (Å²) in [4.78, 5) is 21.4. The summed E-state index contributed by atoms with van der Waals surface area (Å²) in [5.74, 6) is 0.710. The molecule has 0 N–H and O–H groups in total. The van der Waals surface area contributed by atoms with Gasteiger partial charge in [0.05, 0.1) is 17.8 Å². The van der Waals surface area contributed by atoms with Crippen molar-refractivity contribution in [2.75, 3.05) is 33.3 Å². The fraction of sp³-hybridized carbons (Fsp3) is 0.400. The standard InChI is InChI=1S/C20H24ClN3O2S/c1-3-19-22-17(14-27-19)13-23-8-10-24(11-9-23)20(25)7-4-15-12-16(21)5-6-18(15)26-2/h4-7,12,14H,3,8-11,13H2,1-2H3. The predicted molar refractivity (Wildman–Crippen MR) is 110 cm³/mol. The molecule has 27 heavy (non-hydrogen) atoms. The second-order valence-electron chi connectivity index (χ2n) is 6.41. The number of halogens is 1. The van der Waals surface area contributed by atoms with Gasteiger partial charge in [-0.15, -0.1) is 11.3 Å². The second kappa shape index (κ2) is 9.35. The van der Waals surface area contributed by atoms with Crippen molar-refractivity contribution < 1.29 is 9.53 Å². The summed E-state index contributed by atoms with van der Waals surface area (Å²) < 4.78 is 5.31. The quantitative estimate of drug-likeness (QED) is 0.687. The van der Waals surface area contributed by atoms with Gasteiger partial charge in [0, 0.05) is 54.8 Å². The Kier molecular flexibility index (Phi) is 6.88. The zero-order valence-corrected chi connectivity index (χ0v) is 17.2. The molecular formula is C20H24ClN3O2S. The van der Waals surface area contributed by atoms with E-state index in [1.54, 1.807) is 48.8 Å². The molecule has 144 valence electrons. The molecule has 2 aromatic rings. The van der Waals surface area contributed by atoms with Gasteiger partial charge in [-0.1, -0.05) is 18.5 Å². The van der Waals surface area contributed by atoms with Crippen LogP contribution in [0.3, 0.4) is 0 Å². The molecule has 0 unspecified atom stereocenters. The Labute approximate surface area is 169 Å². The van der Waals surface area contributed by atoms with Gasteiger partial charge in [-0.3, -0.25) is 9.69 Å². The molecule has 1 aliphatic rings. The molecule has 3 rings (SSSR count). The Hall–Kier alpha value is -1.89. The zero-order chi connectivity index (χ0) is 19.2. The van der Waals surface area contributed by atoms with E-state index in [0.717, 1.165) is 50.4 Å². The van der Waals surface area contributed by atoms with E-state index < -0.39 is 0 Å². The number of hydrogen-bond acceptors (Lipinski definition) is 5. The number of aromatic nitrogens is 1. The van der Waals surface area contributed by atoms with Crippen molar-refractivity contribution in [2.45, 2.75) is 19.9 Å². The highest BCUT2D eigenvalue weighted by molar-refractivity contribution is 7.09. The van der Waals surface area contributed by atoms with Crippen LogP contribution in [0.15, 0.2) is 29.7 Å². The van der Waals surface area contributed by atoms with Gasteiger partial charge in [-0.05, 0) is 30.7 Å². The first-order valence-electron chi connectivity index (χ1n) is 9.05. The van der Waals surface area contributed by atoms with E-state index in [4.69, 9.17) is 16.3 Å². The highest BCUT2D eigenvalue weighted by Gasteiger charge is 2.20. The van der Waals surface area contributed by atoms with Crippen LogP contribution in [0, 0.1) is 0 Å². The van der Waals surface area contributed by atoms with Crippen molar-refractivity contribution in [3.8, 4) is 5.75 Å². The highest BCUT2D eigenvalue weighted by atomic mass is 35.5. The van der Waals surface area contributed by atoms with Crippen LogP contribution in [-0.2, 0) is 17.8 Å². The molecule has 0 bridgehead atoms. The molecule has 2 heterocycles. The number of hydrogen-bond donors (Lipinski definition) is 0. The molecular weight excluding hydrogens is 382 g/mol. The number of carbonyl (C=O) groups is 1. The van der Waals surface area contributed by atoms with Crippen molar-refractivity contribution in [1.29, 1.82) is 0 Å². The van der Waals surface area contributed by atoms with Gasteiger partial charge in [-0.25, -0.2) is 4.98 Å². The lowest BCUT2D eigenvalue weighted by Crippen LogP contribution is -2.47. The number of nitrogens with zero attached hydrogens (tertiary/aromatic N) is 3. The van der Waals surface area contributed by atoms with Crippen LogP contribution in [0.5, 0.6) is 5.75 Å². The van der Waals surface area contributed by atoms with E-state index in [0.29, 0.717) is 10.8 Å². The first-order chi connectivity index (χ1) is 13.1. The summed E-state index contributed by atoms with van der Waals surface area (Å²) in [7, 11) is 1.60. The molecule has 0 aliphatic carbocycles. The molecule has 0 saturated carbocycles. The minimum absolute atomic E-state index is 0.0126. The van der Waals surface area contributed by atoms with Crippen LogP contribution >= 0.6 is 22.9 Å². The van der Waals surface area contributed by atoms with Gasteiger partial charge in [0.25, 0.3) is 0 Å². The van der Waals surface area contributed by atoms with Gasteiger partial charge in [-0.2, -0.15) is 0 Å². The number of ether oxygens (including phenoxy) is 1. The van der Waals surface area contributed by atoms with E-state index in [-0.39, 0.29) is 5.91 Å². The maximum atomic E-state index is 12.5. The van der Waals surface area contributed by atoms with Crippen molar-refractivity contribution in [1.82, 2.24) is 14.8 Å². The predicted octanol–water partition coefficient (Wildman–Crippen LogP) is 3.73. The summed E-state index contributed by atoms with van der Waals surface area (Å²) in [6.07, 6.45) is 4.34. The van der Waals surface area contributed by atoms with E-state index >= 15 is 0 Å². The van der Waals surface area contributed by atoms with Gasteiger partial charge in [0.2, 0.25) is 5.91 Å². The van der Waals surface area contributed by atoms with Crippen molar-refractivity contribution in [3.63, 3.8) is 0 Å². The first kappa shape index (κ1) is 19.9. The van der Waals surface area contributed by atoms with Gasteiger partial charge in [0.15, 0.2) is 0 Å². The lowest BCUT2D eigenvalue weighted by atomic mass is 10.2. The highest BCUT2D eigenvalue weighted by Crippen LogP contribution is 2.24. The van der Waals surface area contributed by atoms with E-state index in [1.807, 2.05) is 4.90 Å². The van der Waals surface area contributed by atoms with E-state index in [2.05, 4.69) is 22.2 Å². The minimum Gasteiger partial charge on any atom is -0.496 e. The number of rotatable bonds is 6. The zero-order valence-electron chi connectivity index (χ0n) is 15.7. The second-order valence-corrected chi connectivity index (χ2v) is 7.79. The van der Waals surface area contributed by atoms with Crippen molar-refractivity contribution in [3.05, 3.63) is 50.9 Å². The third kappa shape index (κ3) is 5.31. The summed E-state index contributed by atoms with van der Waals surface area (Å²) in [5, 5.41) is 3.93. The number of amides is 1. The number of methoxy groups -OCH3 is 1. The maximum absolute atomic E-state index is 12.5. The number of piperazine rings is 1. The Bertz CT molecular complexity index is 813. The van der Waals surface area contributed by atoms with Gasteiger partial charge < -0.3 is 9.64 Å². The smallest absolute Gasteiger partial charge is 0.246 e. The van der Waals surface area contributed by atoms with Crippen LogP contribution in [-0.4, -0.2) is 54.0 Å². The maximum Gasteiger partial charge on any atom is 0.246 e. The lowest BCUT2D eigenvalue weighted by molar-refractivity contribution is -0.127. The number of thiazole rings is 1. The topological polar surface area (TPSA) is 45.7 Å². The Morgan fingerprint density at radius 2 is 2.11 bits per heavy atom. The number of aryl methyl sites for hydroxylation is 1. The number of carbonyl (C=O) groups excluding carboxylic acids is 1. The Morgan fingerprint density at radius 3 is 2.78 bits per heavy atom. The Morgan fingerprint density at radius 1 is 1.33 bits per heavy atom. The molecule has 0 spiro atoms. The molecule has 1 aliphatic heterocycles. The molecule has 0 atom stereocenters. The molecule has 1 amide bonds. The van der Waals surface area contributed by atoms with E-state index in [1.165, 1.54) is 5.01 Å². The van der Waals surface area contributed by atoms with Crippen LogP contribution in [0.2, 0.25) is 5.02 Å². The minimum atomic E-state index is 0.0126. The summed E-state index contributed by atoms with van der Waals surface area (Å²) in [6, 6.07) is 5.36. The van der Waals surface area contributed by atoms with E-state index in [9.17, 15) is 4.79 Å². The molecule has 1 aromatic heterocycles. The molecule has 1 saturated heterocycles. The fourth-order valence-electron chi connectivity index (χ4n) is 3.04. The van der Waals surface area contributed by atoms with Crippen LogP contribution in [0.4, 0.5) is 0 Å². The van der Waals surface area contributed by atoms with Crippen LogP contribution in [0.1, 0.15) is 23.2 Å². The molecule has 0 radical (unpaired) electrons.